The second-order valence-electron chi connectivity index (χ2n) is 3.58. The van der Waals surface area contributed by atoms with E-state index >= 15 is 0 Å². The Morgan fingerprint density at radius 1 is 1.38 bits per heavy atom. The van der Waals surface area contributed by atoms with E-state index in [1.165, 1.54) is 18.2 Å². The lowest BCUT2D eigenvalue weighted by molar-refractivity contribution is -0.137. The number of carbonyl (C=O) groups is 1. The maximum Gasteiger partial charge on any atom is 0.304 e. The highest BCUT2D eigenvalue weighted by Crippen LogP contribution is 2.13. The van der Waals surface area contributed by atoms with Crippen LogP contribution in [0.5, 0.6) is 0 Å². The van der Waals surface area contributed by atoms with Crippen molar-refractivity contribution in [3.63, 3.8) is 0 Å². The summed E-state index contributed by atoms with van der Waals surface area (Å²) in [5.74, 6) is -2.15. The van der Waals surface area contributed by atoms with E-state index in [1.54, 1.807) is 11.9 Å². The molecule has 0 saturated heterocycles. The third-order valence-electron chi connectivity index (χ3n) is 2.20. The van der Waals surface area contributed by atoms with Crippen molar-refractivity contribution in [1.82, 2.24) is 4.90 Å². The number of carboxylic acids is 1. The van der Waals surface area contributed by atoms with Gasteiger partial charge in [-0.15, -0.1) is 0 Å². The Kier molecular flexibility index (Phi) is 4.37. The van der Waals surface area contributed by atoms with Gasteiger partial charge in [-0.2, -0.15) is 0 Å². The van der Waals surface area contributed by atoms with Gasteiger partial charge in [0, 0.05) is 18.7 Å². The van der Waals surface area contributed by atoms with Gasteiger partial charge in [0.2, 0.25) is 0 Å². The SMILES string of the molecule is CN(CCC(=O)O)Cc1c(F)cccc1F. The van der Waals surface area contributed by atoms with Crippen LogP contribution in [-0.2, 0) is 11.3 Å². The first kappa shape index (κ1) is 12.6. The molecule has 0 aliphatic rings. The topological polar surface area (TPSA) is 40.5 Å². The predicted molar refractivity (Wildman–Crippen MR) is 54.9 cm³/mol. The van der Waals surface area contributed by atoms with E-state index < -0.39 is 17.6 Å². The first-order valence-corrected chi connectivity index (χ1v) is 4.84. The Balaban J connectivity index is 2.62. The molecule has 0 atom stereocenters. The zero-order chi connectivity index (χ0) is 12.1. The van der Waals surface area contributed by atoms with Crippen LogP contribution in [0.4, 0.5) is 8.78 Å². The fraction of sp³-hybridized carbons (Fsp3) is 0.364. The van der Waals surface area contributed by atoms with Crippen LogP contribution >= 0.6 is 0 Å². The molecular formula is C11H13F2NO2. The van der Waals surface area contributed by atoms with Crippen LogP contribution in [0, 0.1) is 11.6 Å². The van der Waals surface area contributed by atoms with Crippen LogP contribution in [0.15, 0.2) is 18.2 Å². The Morgan fingerprint density at radius 3 is 2.44 bits per heavy atom. The van der Waals surface area contributed by atoms with Crippen molar-refractivity contribution in [1.29, 1.82) is 0 Å². The Labute approximate surface area is 92.3 Å². The van der Waals surface area contributed by atoms with Gasteiger partial charge in [0.15, 0.2) is 0 Å². The van der Waals surface area contributed by atoms with Crippen molar-refractivity contribution < 1.29 is 18.7 Å². The molecule has 16 heavy (non-hydrogen) atoms. The average Bonchev–Trinajstić information content (AvgIpc) is 2.21. The molecule has 0 radical (unpaired) electrons. The molecule has 3 nitrogen and oxygen atoms in total. The van der Waals surface area contributed by atoms with Gasteiger partial charge in [-0.05, 0) is 19.2 Å². The summed E-state index contributed by atoms with van der Waals surface area (Å²) >= 11 is 0. The van der Waals surface area contributed by atoms with Gasteiger partial charge in [0.05, 0.1) is 6.42 Å². The van der Waals surface area contributed by atoms with E-state index in [-0.39, 0.29) is 25.1 Å². The minimum atomic E-state index is -0.930. The lowest BCUT2D eigenvalue weighted by Gasteiger charge is -2.16. The second kappa shape index (κ2) is 5.55. The lowest BCUT2D eigenvalue weighted by atomic mass is 10.2. The standard InChI is InChI=1S/C11H13F2NO2/c1-14(6-5-11(15)16)7-8-9(12)3-2-4-10(8)13/h2-4H,5-7H2,1H3,(H,15,16). The van der Waals surface area contributed by atoms with Crippen LogP contribution in [-0.4, -0.2) is 29.6 Å². The van der Waals surface area contributed by atoms with Crippen LogP contribution in [0.25, 0.3) is 0 Å². The minimum Gasteiger partial charge on any atom is -0.481 e. The highest BCUT2D eigenvalue weighted by atomic mass is 19.1. The quantitative estimate of drug-likeness (QED) is 0.838. The highest BCUT2D eigenvalue weighted by molar-refractivity contribution is 5.66. The number of rotatable bonds is 5. The van der Waals surface area contributed by atoms with Gasteiger partial charge in [-0.25, -0.2) is 8.78 Å². The van der Waals surface area contributed by atoms with Crippen molar-refractivity contribution in [2.75, 3.05) is 13.6 Å². The zero-order valence-electron chi connectivity index (χ0n) is 8.91. The molecule has 0 fully saturated rings. The molecule has 0 unspecified atom stereocenters. The molecule has 1 aromatic carbocycles. The van der Waals surface area contributed by atoms with E-state index in [0.29, 0.717) is 0 Å². The van der Waals surface area contributed by atoms with Crippen LogP contribution in [0.3, 0.4) is 0 Å². The summed E-state index contributed by atoms with van der Waals surface area (Å²) < 4.78 is 26.5. The Morgan fingerprint density at radius 2 is 1.94 bits per heavy atom. The summed E-state index contributed by atoms with van der Waals surface area (Å²) in [6.07, 6.45) is -0.0490. The number of aliphatic carboxylic acids is 1. The largest absolute Gasteiger partial charge is 0.481 e. The van der Waals surface area contributed by atoms with Crippen LogP contribution in [0.1, 0.15) is 12.0 Å². The highest BCUT2D eigenvalue weighted by Gasteiger charge is 2.11. The molecule has 0 aliphatic heterocycles. The minimum absolute atomic E-state index is 0.0320. The summed E-state index contributed by atoms with van der Waals surface area (Å²) in [4.78, 5) is 11.9. The summed E-state index contributed by atoms with van der Waals surface area (Å²) in [7, 11) is 1.62. The molecule has 88 valence electrons. The number of benzene rings is 1. The number of carboxylic acid groups (broad SMARTS) is 1. The number of hydrogen-bond donors (Lipinski definition) is 1. The van der Waals surface area contributed by atoms with E-state index in [2.05, 4.69) is 0 Å². The van der Waals surface area contributed by atoms with E-state index in [0.717, 1.165) is 0 Å². The summed E-state index contributed by atoms with van der Waals surface area (Å²) in [6, 6.07) is 3.66. The molecule has 5 heteroatoms. The fourth-order valence-corrected chi connectivity index (χ4v) is 1.32. The van der Waals surface area contributed by atoms with Crippen LogP contribution in [0.2, 0.25) is 0 Å². The first-order chi connectivity index (χ1) is 7.50. The molecule has 0 amide bonds. The second-order valence-corrected chi connectivity index (χ2v) is 3.58. The van der Waals surface area contributed by atoms with Crippen LogP contribution < -0.4 is 0 Å². The molecule has 0 aromatic heterocycles. The van der Waals surface area contributed by atoms with E-state index in [9.17, 15) is 13.6 Å². The summed E-state index contributed by atoms with van der Waals surface area (Å²) in [5, 5.41) is 8.46. The van der Waals surface area contributed by atoms with Crippen molar-refractivity contribution in [2.45, 2.75) is 13.0 Å². The molecule has 0 spiro atoms. The normalized spacial score (nSPS) is 10.8. The maximum atomic E-state index is 13.2. The maximum absolute atomic E-state index is 13.2. The van der Waals surface area contributed by atoms with Gasteiger partial charge in [-0.3, -0.25) is 4.79 Å². The van der Waals surface area contributed by atoms with Crippen molar-refractivity contribution in [3.8, 4) is 0 Å². The number of hydrogen-bond acceptors (Lipinski definition) is 2. The van der Waals surface area contributed by atoms with E-state index in [1.807, 2.05) is 0 Å². The zero-order valence-corrected chi connectivity index (χ0v) is 8.91. The Bertz CT molecular complexity index is 362. The molecule has 0 heterocycles. The summed E-state index contributed by atoms with van der Waals surface area (Å²) in [6.45, 7) is 0.314. The van der Waals surface area contributed by atoms with Gasteiger partial charge in [0.1, 0.15) is 11.6 Å². The monoisotopic (exact) mass is 229 g/mol. The molecule has 1 N–H and O–H groups in total. The summed E-state index contributed by atoms with van der Waals surface area (Å²) in [5.41, 5.74) is -0.0320. The smallest absolute Gasteiger partial charge is 0.304 e. The Hall–Kier alpha value is -1.49. The number of nitrogens with zero attached hydrogens (tertiary/aromatic N) is 1. The number of halogens is 2. The van der Waals surface area contributed by atoms with Gasteiger partial charge < -0.3 is 10.0 Å². The lowest BCUT2D eigenvalue weighted by Crippen LogP contribution is -2.22. The van der Waals surface area contributed by atoms with Crippen molar-refractivity contribution >= 4 is 5.97 Å². The van der Waals surface area contributed by atoms with Gasteiger partial charge in [0.25, 0.3) is 0 Å². The molecule has 1 aromatic rings. The molecule has 1 rings (SSSR count). The third kappa shape index (κ3) is 3.58. The average molecular weight is 229 g/mol. The molecule has 0 aliphatic carbocycles. The van der Waals surface area contributed by atoms with Gasteiger partial charge in [-0.1, -0.05) is 6.07 Å². The third-order valence-corrected chi connectivity index (χ3v) is 2.20. The fourth-order valence-electron chi connectivity index (χ4n) is 1.32. The van der Waals surface area contributed by atoms with Gasteiger partial charge >= 0.3 is 5.97 Å². The molecule has 0 bridgehead atoms. The van der Waals surface area contributed by atoms with Crippen molar-refractivity contribution in [2.24, 2.45) is 0 Å². The molecule has 0 saturated carbocycles. The van der Waals surface area contributed by atoms with Crippen molar-refractivity contribution in [3.05, 3.63) is 35.4 Å². The molecular weight excluding hydrogens is 216 g/mol. The van der Waals surface area contributed by atoms with E-state index in [4.69, 9.17) is 5.11 Å². The predicted octanol–water partition coefficient (Wildman–Crippen LogP) is 1.87. The first-order valence-electron chi connectivity index (χ1n) is 4.84.